The summed E-state index contributed by atoms with van der Waals surface area (Å²) in [6.07, 6.45) is 2.53. The van der Waals surface area contributed by atoms with Crippen molar-refractivity contribution < 1.29 is 34.2 Å². The van der Waals surface area contributed by atoms with Gasteiger partial charge in [0.05, 0.1) is 12.9 Å². The third-order valence-corrected chi connectivity index (χ3v) is 4.78. The topological polar surface area (TPSA) is 243 Å². The number of aliphatic hydroxyl groups is 1. The second-order valence-electron chi connectivity index (χ2n) is 8.23. The molecule has 0 aliphatic rings. The minimum atomic E-state index is -1.38. The molecule has 0 saturated carbocycles. The van der Waals surface area contributed by atoms with Crippen LogP contribution in [0.5, 0.6) is 0 Å². The quantitative estimate of drug-likeness (QED) is 0.127. The third-order valence-electron chi connectivity index (χ3n) is 4.78. The van der Waals surface area contributed by atoms with E-state index in [0.29, 0.717) is 5.69 Å². The summed E-state index contributed by atoms with van der Waals surface area (Å²) >= 11 is 0. The molecule has 0 saturated heterocycles. The van der Waals surface area contributed by atoms with Gasteiger partial charge >= 0.3 is 5.97 Å². The van der Waals surface area contributed by atoms with E-state index in [1.807, 2.05) is 0 Å². The zero-order valence-corrected chi connectivity index (χ0v) is 19.1. The number of carboxylic acids is 1. The number of hydrogen-bond donors (Lipinski definition) is 8. The Labute approximate surface area is 196 Å². The molecule has 14 nitrogen and oxygen atoms in total. The number of nitrogens with zero attached hydrogens (tertiary/aromatic N) is 1. The number of carbonyl (C=O) groups is 5. The fourth-order valence-electron chi connectivity index (χ4n) is 2.98. The molecule has 14 heteroatoms. The number of nitrogens with two attached hydrogens (primary N) is 2. The van der Waals surface area contributed by atoms with Crippen LogP contribution in [0, 0.1) is 5.92 Å². The summed E-state index contributed by atoms with van der Waals surface area (Å²) in [5, 5.41) is 25.7. The van der Waals surface area contributed by atoms with Crippen molar-refractivity contribution in [2.24, 2.45) is 17.4 Å². The van der Waals surface area contributed by atoms with Crippen LogP contribution in [0.4, 0.5) is 0 Å². The van der Waals surface area contributed by atoms with Gasteiger partial charge in [0.25, 0.3) is 0 Å². The summed E-state index contributed by atoms with van der Waals surface area (Å²) in [4.78, 5) is 67.2. The molecule has 1 aromatic rings. The van der Waals surface area contributed by atoms with Gasteiger partial charge in [0, 0.05) is 24.7 Å². The Morgan fingerprint density at radius 3 is 2.12 bits per heavy atom. The number of aromatic nitrogens is 2. The van der Waals surface area contributed by atoms with E-state index >= 15 is 0 Å². The third kappa shape index (κ3) is 9.95. The highest BCUT2D eigenvalue weighted by Gasteiger charge is 2.31. The minimum absolute atomic E-state index is 0.0118. The number of aliphatic hydroxyl groups excluding tert-OH is 1. The number of carboxylic acid groups (broad SMARTS) is 1. The Bertz CT molecular complexity index is 844. The second-order valence-corrected chi connectivity index (χ2v) is 8.23. The molecule has 4 atom stereocenters. The molecule has 0 aliphatic heterocycles. The van der Waals surface area contributed by atoms with Crippen LogP contribution in [-0.2, 0) is 30.4 Å². The zero-order valence-electron chi connectivity index (χ0n) is 19.1. The molecule has 0 spiro atoms. The van der Waals surface area contributed by atoms with Crippen molar-refractivity contribution in [2.75, 3.05) is 6.61 Å². The van der Waals surface area contributed by atoms with Gasteiger partial charge in [0.1, 0.15) is 24.2 Å². The van der Waals surface area contributed by atoms with E-state index in [9.17, 15) is 29.1 Å². The Kier molecular flexibility index (Phi) is 11.7. The molecule has 190 valence electrons. The number of rotatable bonds is 15. The lowest BCUT2D eigenvalue weighted by Crippen LogP contribution is -2.58. The molecule has 0 aromatic carbocycles. The predicted octanol–water partition coefficient (Wildman–Crippen LogP) is -2.88. The largest absolute Gasteiger partial charge is 0.480 e. The smallest absolute Gasteiger partial charge is 0.326 e. The molecular formula is C20H33N7O7. The average molecular weight is 484 g/mol. The lowest BCUT2D eigenvalue weighted by atomic mass is 10.0. The van der Waals surface area contributed by atoms with Crippen molar-refractivity contribution in [1.29, 1.82) is 0 Å². The summed E-state index contributed by atoms with van der Waals surface area (Å²) in [7, 11) is 0. The highest BCUT2D eigenvalue weighted by molar-refractivity contribution is 5.94. The van der Waals surface area contributed by atoms with Crippen LogP contribution in [0.1, 0.15) is 38.8 Å². The summed E-state index contributed by atoms with van der Waals surface area (Å²) in [5.74, 6) is -4.40. The number of amides is 4. The molecule has 4 unspecified atom stereocenters. The van der Waals surface area contributed by atoms with Crippen molar-refractivity contribution in [3.63, 3.8) is 0 Å². The van der Waals surface area contributed by atoms with E-state index in [-0.39, 0.29) is 31.6 Å². The molecule has 0 aliphatic carbocycles. The average Bonchev–Trinajstić information content (AvgIpc) is 3.27. The maximum atomic E-state index is 13.0. The summed E-state index contributed by atoms with van der Waals surface area (Å²) in [5.41, 5.74) is 11.1. The number of primary amides is 1. The first kappa shape index (κ1) is 28.5. The Morgan fingerprint density at radius 1 is 1.03 bits per heavy atom. The van der Waals surface area contributed by atoms with Crippen LogP contribution in [0.2, 0.25) is 0 Å². The van der Waals surface area contributed by atoms with Crippen LogP contribution in [0.25, 0.3) is 0 Å². The lowest BCUT2D eigenvalue weighted by Gasteiger charge is -2.25. The highest BCUT2D eigenvalue weighted by Crippen LogP contribution is 2.08. The van der Waals surface area contributed by atoms with Gasteiger partial charge < -0.3 is 42.6 Å². The van der Waals surface area contributed by atoms with E-state index in [1.165, 1.54) is 12.5 Å². The molecule has 0 fully saturated rings. The predicted molar refractivity (Wildman–Crippen MR) is 119 cm³/mol. The van der Waals surface area contributed by atoms with Crippen LogP contribution < -0.4 is 27.4 Å². The Hall–Kier alpha value is -3.52. The molecule has 1 aromatic heterocycles. The maximum absolute atomic E-state index is 13.0. The molecular weight excluding hydrogens is 450 g/mol. The van der Waals surface area contributed by atoms with Gasteiger partial charge in [0.2, 0.25) is 23.6 Å². The monoisotopic (exact) mass is 483 g/mol. The number of H-pyrrole nitrogens is 1. The molecule has 4 amide bonds. The van der Waals surface area contributed by atoms with E-state index < -0.39 is 60.4 Å². The van der Waals surface area contributed by atoms with E-state index in [1.54, 1.807) is 13.8 Å². The van der Waals surface area contributed by atoms with Crippen molar-refractivity contribution in [1.82, 2.24) is 25.9 Å². The fraction of sp³-hybridized carbons (Fsp3) is 0.600. The van der Waals surface area contributed by atoms with E-state index in [4.69, 9.17) is 16.6 Å². The molecule has 0 bridgehead atoms. The van der Waals surface area contributed by atoms with Crippen LogP contribution in [0.3, 0.4) is 0 Å². The highest BCUT2D eigenvalue weighted by atomic mass is 16.4. The minimum Gasteiger partial charge on any atom is -0.480 e. The number of imidazole rings is 1. The van der Waals surface area contributed by atoms with Gasteiger partial charge in [-0.05, 0) is 18.8 Å². The van der Waals surface area contributed by atoms with Crippen LogP contribution in [0.15, 0.2) is 12.5 Å². The first-order valence-corrected chi connectivity index (χ1v) is 10.7. The van der Waals surface area contributed by atoms with Crippen molar-refractivity contribution in [3.05, 3.63) is 18.2 Å². The molecule has 0 radical (unpaired) electrons. The van der Waals surface area contributed by atoms with Crippen molar-refractivity contribution >= 4 is 29.6 Å². The summed E-state index contributed by atoms with van der Waals surface area (Å²) in [6, 6.07) is -4.93. The van der Waals surface area contributed by atoms with E-state index in [2.05, 4.69) is 25.9 Å². The summed E-state index contributed by atoms with van der Waals surface area (Å²) in [6.45, 7) is 2.97. The lowest BCUT2D eigenvalue weighted by molar-refractivity contribution is -0.142. The Morgan fingerprint density at radius 2 is 1.62 bits per heavy atom. The maximum Gasteiger partial charge on any atom is 0.326 e. The Balaban J connectivity index is 3.02. The van der Waals surface area contributed by atoms with Gasteiger partial charge in [-0.25, -0.2) is 9.78 Å². The number of aromatic amines is 1. The van der Waals surface area contributed by atoms with Gasteiger partial charge in [-0.3, -0.25) is 19.2 Å². The zero-order chi connectivity index (χ0) is 25.8. The van der Waals surface area contributed by atoms with Gasteiger partial charge in [-0.1, -0.05) is 13.8 Å². The SMILES string of the molecule is CC(C)CC(NC(=O)C(Cc1cnc[nH]1)NC(=O)C(N)CO)C(=O)NC(CCC(N)=O)C(=O)O. The first-order chi connectivity index (χ1) is 15.9. The standard InChI is InChI=1S/C20H33N7O7/c1-10(2)5-14(18(31)25-13(20(33)34)3-4-16(22)29)27-19(32)15(6-11-7-23-9-24-11)26-17(30)12(21)8-28/h7,9-10,12-15,28H,3-6,8,21H2,1-2H3,(H2,22,29)(H,23,24)(H,25,31)(H,26,30)(H,27,32)(H,33,34). The van der Waals surface area contributed by atoms with E-state index in [0.717, 1.165) is 0 Å². The fourth-order valence-corrected chi connectivity index (χ4v) is 2.98. The first-order valence-electron chi connectivity index (χ1n) is 10.7. The molecule has 10 N–H and O–H groups in total. The molecule has 1 heterocycles. The summed E-state index contributed by atoms with van der Waals surface area (Å²) < 4.78 is 0. The van der Waals surface area contributed by atoms with Gasteiger partial charge in [0.15, 0.2) is 0 Å². The van der Waals surface area contributed by atoms with Crippen molar-refractivity contribution in [2.45, 2.75) is 63.7 Å². The molecule has 1 rings (SSSR count). The van der Waals surface area contributed by atoms with Crippen LogP contribution >= 0.6 is 0 Å². The van der Waals surface area contributed by atoms with Crippen molar-refractivity contribution in [3.8, 4) is 0 Å². The van der Waals surface area contributed by atoms with Gasteiger partial charge in [-0.2, -0.15) is 0 Å². The number of nitrogens with one attached hydrogen (secondary N) is 4. The normalized spacial score (nSPS) is 14.5. The second kappa shape index (κ2) is 13.9. The molecule has 34 heavy (non-hydrogen) atoms. The number of hydrogen-bond acceptors (Lipinski definition) is 8. The van der Waals surface area contributed by atoms with Gasteiger partial charge in [-0.15, -0.1) is 0 Å². The number of carbonyl (C=O) groups excluding carboxylic acids is 4. The number of aliphatic carboxylic acids is 1. The van der Waals surface area contributed by atoms with Crippen LogP contribution in [-0.4, -0.2) is 80.6 Å².